The zero-order chi connectivity index (χ0) is 18.4. The van der Waals surface area contributed by atoms with Gasteiger partial charge in [-0.05, 0) is 36.4 Å². The minimum absolute atomic E-state index is 0.109. The molecule has 138 valence electrons. The third kappa shape index (κ3) is 2.98. The molecule has 4 heterocycles. The molecule has 1 aromatic carbocycles. The molecule has 0 spiro atoms. The molecule has 2 bridgehead atoms. The molecule has 2 N–H and O–H groups in total. The summed E-state index contributed by atoms with van der Waals surface area (Å²) in [4.78, 5) is 12.7. The molecule has 2 fully saturated rings. The Morgan fingerprint density at radius 3 is 2.89 bits per heavy atom. The van der Waals surface area contributed by atoms with Gasteiger partial charge in [-0.2, -0.15) is 0 Å². The number of phenolic OH excluding ortho intramolecular Hbond substituents is 1. The summed E-state index contributed by atoms with van der Waals surface area (Å²) in [6.45, 7) is 0. The Labute approximate surface area is 155 Å². The minimum Gasteiger partial charge on any atom is -0.507 e. The van der Waals surface area contributed by atoms with Gasteiger partial charge < -0.3 is 15.2 Å². The van der Waals surface area contributed by atoms with Gasteiger partial charge in [-0.15, -0.1) is 0 Å². The van der Waals surface area contributed by atoms with Crippen molar-refractivity contribution < 1.29 is 14.2 Å². The quantitative estimate of drug-likeness (QED) is 0.742. The lowest BCUT2D eigenvalue weighted by Crippen LogP contribution is -2.51. The molecule has 5 rings (SSSR count). The van der Waals surface area contributed by atoms with Crippen molar-refractivity contribution in [3.8, 4) is 22.9 Å². The van der Waals surface area contributed by atoms with E-state index in [-0.39, 0.29) is 11.8 Å². The van der Waals surface area contributed by atoms with Gasteiger partial charge in [0.2, 0.25) is 5.88 Å². The first-order valence-electron chi connectivity index (χ1n) is 9.13. The highest BCUT2D eigenvalue weighted by molar-refractivity contribution is 5.89. The second kappa shape index (κ2) is 6.42. The molecule has 2 aromatic heterocycles. The summed E-state index contributed by atoms with van der Waals surface area (Å²) in [6.07, 6.45) is 7.38. The third-order valence-corrected chi connectivity index (χ3v) is 5.46. The summed E-state index contributed by atoms with van der Waals surface area (Å²) in [7, 11) is 0. The number of hydrogen-bond acceptors (Lipinski definition) is 6. The Kier molecular flexibility index (Phi) is 3.89. The van der Waals surface area contributed by atoms with E-state index >= 15 is 0 Å². The number of ether oxygens (including phenoxy) is 1. The Hall–Kier alpha value is -2.80. The molecular formula is C20H19FN4O2. The zero-order valence-corrected chi connectivity index (χ0v) is 14.5. The van der Waals surface area contributed by atoms with E-state index in [1.165, 1.54) is 6.20 Å². The van der Waals surface area contributed by atoms with Gasteiger partial charge in [-0.3, -0.25) is 4.98 Å². The highest BCUT2D eigenvalue weighted by Gasteiger charge is 2.43. The maximum atomic E-state index is 14.5. The van der Waals surface area contributed by atoms with Gasteiger partial charge in [-0.25, -0.2) is 14.4 Å². The van der Waals surface area contributed by atoms with Crippen molar-refractivity contribution in [1.82, 2.24) is 20.3 Å². The topological polar surface area (TPSA) is 80.2 Å². The predicted octanol–water partition coefficient (Wildman–Crippen LogP) is 3.01. The molecule has 0 radical (unpaired) electrons. The van der Waals surface area contributed by atoms with Gasteiger partial charge in [0.15, 0.2) is 6.17 Å². The summed E-state index contributed by atoms with van der Waals surface area (Å²) in [5.74, 6) is 0.411. The van der Waals surface area contributed by atoms with E-state index in [1.54, 1.807) is 24.7 Å². The normalized spacial score (nSPS) is 27.0. The van der Waals surface area contributed by atoms with Crippen molar-refractivity contribution in [2.45, 2.75) is 43.6 Å². The number of nitrogens with one attached hydrogen (secondary N) is 1. The maximum Gasteiger partial charge on any atom is 0.232 e. The lowest BCUT2D eigenvalue weighted by atomic mass is 10.0. The lowest BCUT2D eigenvalue weighted by molar-refractivity contribution is 0.0425. The van der Waals surface area contributed by atoms with Crippen molar-refractivity contribution >= 4 is 10.8 Å². The van der Waals surface area contributed by atoms with Crippen molar-refractivity contribution in [3.63, 3.8) is 0 Å². The highest BCUT2D eigenvalue weighted by atomic mass is 19.1. The number of halogens is 1. The molecule has 0 saturated carbocycles. The van der Waals surface area contributed by atoms with Crippen LogP contribution in [0.1, 0.15) is 19.3 Å². The smallest absolute Gasteiger partial charge is 0.232 e. The SMILES string of the molecule is Oc1cc2cnccc2cc1-c1cnc(O[C@H]2C[C@@H]3CC[C@@H](N3)[C@H]2F)cn1. The van der Waals surface area contributed by atoms with Crippen molar-refractivity contribution in [2.24, 2.45) is 0 Å². The number of aromatic hydroxyl groups is 1. The van der Waals surface area contributed by atoms with Crippen molar-refractivity contribution in [3.05, 3.63) is 43.0 Å². The van der Waals surface area contributed by atoms with Gasteiger partial charge in [0.1, 0.15) is 11.9 Å². The number of fused-ring (bicyclic) bond motifs is 3. The van der Waals surface area contributed by atoms with Gasteiger partial charge in [0, 0.05) is 41.8 Å². The number of phenols is 1. The average molecular weight is 366 g/mol. The number of pyridine rings is 1. The first-order chi connectivity index (χ1) is 13.2. The van der Waals surface area contributed by atoms with E-state index in [4.69, 9.17) is 4.74 Å². The molecule has 2 aliphatic heterocycles. The Morgan fingerprint density at radius 1 is 1.11 bits per heavy atom. The van der Waals surface area contributed by atoms with E-state index in [9.17, 15) is 9.50 Å². The number of nitrogens with zero attached hydrogens (tertiary/aromatic N) is 3. The average Bonchev–Trinajstić information content (AvgIpc) is 3.10. The van der Waals surface area contributed by atoms with E-state index in [0.29, 0.717) is 29.6 Å². The van der Waals surface area contributed by atoms with Crippen LogP contribution in [0.2, 0.25) is 0 Å². The maximum absolute atomic E-state index is 14.5. The Bertz CT molecular complexity index is 981. The number of benzene rings is 1. The first kappa shape index (κ1) is 16.4. The summed E-state index contributed by atoms with van der Waals surface area (Å²) in [6, 6.07) is 5.57. The number of hydrogen-bond donors (Lipinski definition) is 2. The molecular weight excluding hydrogens is 347 g/mol. The predicted molar refractivity (Wildman–Crippen MR) is 98.3 cm³/mol. The molecule has 0 amide bonds. The lowest BCUT2D eigenvalue weighted by Gasteiger charge is -2.32. The van der Waals surface area contributed by atoms with Crippen LogP contribution in [-0.2, 0) is 0 Å². The molecule has 4 atom stereocenters. The van der Waals surface area contributed by atoms with E-state index in [1.807, 2.05) is 12.1 Å². The molecule has 0 unspecified atom stereocenters. The molecule has 0 aliphatic carbocycles. The van der Waals surface area contributed by atoms with Crippen LogP contribution in [0, 0.1) is 0 Å². The summed E-state index contributed by atoms with van der Waals surface area (Å²) < 4.78 is 20.3. The molecule has 7 heteroatoms. The van der Waals surface area contributed by atoms with Crippen LogP contribution in [0.15, 0.2) is 43.0 Å². The third-order valence-electron chi connectivity index (χ3n) is 5.46. The van der Waals surface area contributed by atoms with Gasteiger partial charge in [-0.1, -0.05) is 0 Å². The second-order valence-corrected chi connectivity index (χ2v) is 7.22. The van der Waals surface area contributed by atoms with Crippen LogP contribution in [0.25, 0.3) is 22.0 Å². The number of rotatable bonds is 3. The fraction of sp³-hybridized carbons (Fsp3) is 0.350. The monoisotopic (exact) mass is 366 g/mol. The number of piperidine rings is 1. The molecule has 2 aliphatic rings. The summed E-state index contributed by atoms with van der Waals surface area (Å²) >= 11 is 0. The van der Waals surface area contributed by atoms with Crippen LogP contribution < -0.4 is 10.1 Å². The van der Waals surface area contributed by atoms with E-state index in [0.717, 1.165) is 23.6 Å². The number of alkyl halides is 1. The second-order valence-electron chi connectivity index (χ2n) is 7.22. The minimum atomic E-state index is -1.04. The van der Waals surface area contributed by atoms with E-state index < -0.39 is 12.3 Å². The summed E-state index contributed by atoms with van der Waals surface area (Å²) in [5.41, 5.74) is 1.11. The highest BCUT2D eigenvalue weighted by Crippen LogP contribution is 2.33. The first-order valence-corrected chi connectivity index (χ1v) is 9.13. The van der Waals surface area contributed by atoms with E-state index in [2.05, 4.69) is 20.3 Å². The fourth-order valence-corrected chi connectivity index (χ4v) is 4.07. The Morgan fingerprint density at radius 2 is 2.04 bits per heavy atom. The van der Waals surface area contributed by atoms with Crippen molar-refractivity contribution in [1.29, 1.82) is 0 Å². The van der Waals surface area contributed by atoms with Crippen LogP contribution in [0.4, 0.5) is 4.39 Å². The van der Waals surface area contributed by atoms with Crippen LogP contribution >= 0.6 is 0 Å². The summed E-state index contributed by atoms with van der Waals surface area (Å²) in [5, 5.41) is 15.4. The molecule has 3 aromatic rings. The van der Waals surface area contributed by atoms with Crippen LogP contribution in [0.3, 0.4) is 0 Å². The number of aromatic nitrogens is 3. The van der Waals surface area contributed by atoms with Crippen molar-refractivity contribution in [2.75, 3.05) is 0 Å². The molecule has 27 heavy (non-hydrogen) atoms. The van der Waals surface area contributed by atoms with Crippen LogP contribution in [-0.4, -0.2) is 44.4 Å². The van der Waals surface area contributed by atoms with Gasteiger partial charge in [0.05, 0.1) is 18.1 Å². The fourth-order valence-electron chi connectivity index (χ4n) is 4.07. The molecule has 2 saturated heterocycles. The Balaban J connectivity index is 1.38. The van der Waals surface area contributed by atoms with Crippen LogP contribution in [0.5, 0.6) is 11.6 Å². The zero-order valence-electron chi connectivity index (χ0n) is 14.5. The van der Waals surface area contributed by atoms with Gasteiger partial charge in [0.25, 0.3) is 0 Å². The molecule has 6 nitrogen and oxygen atoms in total. The largest absolute Gasteiger partial charge is 0.507 e. The van der Waals surface area contributed by atoms with Gasteiger partial charge >= 0.3 is 0 Å². The standard InChI is InChI=1S/C20H19FN4O2/c21-20-15-2-1-13(25-15)7-18(20)27-19-10-23-16(9-24-19)14-5-11-3-4-22-8-12(11)6-17(14)26/h3-6,8-10,13,15,18,20,25-26H,1-2,7H2/t13-,15+,18-,20+/m0/s1.